The number of hydrogen-bond donors (Lipinski definition) is 2. The van der Waals surface area contributed by atoms with Crippen molar-refractivity contribution in [1.82, 2.24) is 0 Å². The SMILES string of the molecule is CC(=O)OCC(=O)[C@@]1(O)C(=CF)C[C@H]2[C@@H]3CCC4=CC(=O)C=C[C@]4(C)[C@@]3(F)[C@@H](O)C[C@@]21C. The number of carbonyl (C=O) groups excluding carboxylic acids is 3. The molecule has 0 aromatic heterocycles. The molecule has 6 nitrogen and oxygen atoms in total. The Labute approximate surface area is 185 Å². The highest BCUT2D eigenvalue weighted by Crippen LogP contribution is 2.70. The van der Waals surface area contributed by atoms with Gasteiger partial charge in [-0.3, -0.25) is 14.4 Å². The second-order valence-electron chi connectivity index (χ2n) is 10.0. The van der Waals surface area contributed by atoms with Gasteiger partial charge in [-0.05, 0) is 56.3 Å². The van der Waals surface area contributed by atoms with E-state index < -0.39 is 58.4 Å². The molecule has 0 aliphatic heterocycles. The standard InChI is InChI=1S/C24H28F2O6/c1-13(27)32-12-20(30)24(31)15(11-25)9-18-17-5-4-14-8-16(28)6-7-21(14,2)23(17,26)19(29)10-22(18,24)3/h6-8,11,17-19,29,31H,4-5,9-10,12H2,1-3H3/t17-,18-,19-,21-,22-,23-,24-/m0/s1. The summed E-state index contributed by atoms with van der Waals surface area (Å²) in [6, 6.07) is 0. The van der Waals surface area contributed by atoms with Gasteiger partial charge in [0.1, 0.15) is 0 Å². The Balaban J connectivity index is 1.80. The second kappa shape index (κ2) is 7.15. The number of esters is 1. The third kappa shape index (κ3) is 2.65. The monoisotopic (exact) mass is 450 g/mol. The Kier molecular flexibility index (Phi) is 5.14. The number of aliphatic hydroxyl groups excluding tert-OH is 1. The van der Waals surface area contributed by atoms with E-state index >= 15 is 4.39 Å². The molecule has 8 heteroatoms. The highest BCUT2D eigenvalue weighted by molar-refractivity contribution is 6.01. The van der Waals surface area contributed by atoms with Crippen molar-refractivity contribution < 1.29 is 38.1 Å². The number of aliphatic hydroxyl groups is 2. The van der Waals surface area contributed by atoms with Crippen LogP contribution in [0.25, 0.3) is 0 Å². The van der Waals surface area contributed by atoms with E-state index in [-0.39, 0.29) is 36.9 Å². The van der Waals surface area contributed by atoms with E-state index in [9.17, 15) is 29.0 Å². The van der Waals surface area contributed by atoms with E-state index in [0.717, 1.165) is 6.92 Å². The minimum absolute atomic E-state index is 0.0594. The van der Waals surface area contributed by atoms with Gasteiger partial charge in [0.05, 0.1) is 12.4 Å². The maximum Gasteiger partial charge on any atom is 0.303 e. The summed E-state index contributed by atoms with van der Waals surface area (Å²) < 4.78 is 35.7. The fourth-order valence-corrected chi connectivity index (χ4v) is 7.00. The first-order valence-corrected chi connectivity index (χ1v) is 10.9. The van der Waals surface area contributed by atoms with E-state index in [0.29, 0.717) is 12.0 Å². The number of carbonyl (C=O) groups is 3. The normalized spacial score (nSPS) is 46.2. The van der Waals surface area contributed by atoms with Crippen LogP contribution in [-0.2, 0) is 19.1 Å². The average Bonchev–Trinajstić information content (AvgIpc) is 2.95. The molecule has 0 amide bonds. The minimum Gasteiger partial charge on any atom is -0.458 e. The fraction of sp³-hybridized carbons (Fsp3) is 0.625. The Morgan fingerprint density at radius 2 is 2.00 bits per heavy atom. The minimum atomic E-state index is -2.33. The summed E-state index contributed by atoms with van der Waals surface area (Å²) in [7, 11) is 0. The van der Waals surface area contributed by atoms with Crippen molar-refractivity contribution in [3.8, 4) is 0 Å². The molecule has 0 saturated heterocycles. The number of hydrogen-bond acceptors (Lipinski definition) is 6. The number of halogens is 2. The van der Waals surface area contributed by atoms with Crippen LogP contribution in [0.5, 0.6) is 0 Å². The lowest BCUT2D eigenvalue weighted by Gasteiger charge is -2.62. The van der Waals surface area contributed by atoms with Crippen LogP contribution < -0.4 is 0 Å². The second-order valence-corrected chi connectivity index (χ2v) is 10.0. The number of fused-ring (bicyclic) bond motifs is 5. The number of Topliss-reactive ketones (excluding diaryl/α,β-unsaturated/α-hetero) is 1. The molecule has 4 aliphatic carbocycles. The summed E-state index contributed by atoms with van der Waals surface area (Å²) in [6.45, 7) is 3.58. The molecule has 32 heavy (non-hydrogen) atoms. The molecule has 0 aromatic carbocycles. The summed E-state index contributed by atoms with van der Waals surface area (Å²) in [5.41, 5.74) is -6.68. The molecular formula is C24H28F2O6. The zero-order valence-electron chi connectivity index (χ0n) is 18.4. The Bertz CT molecular complexity index is 985. The molecule has 0 radical (unpaired) electrons. The molecule has 0 aromatic rings. The molecule has 4 aliphatic rings. The van der Waals surface area contributed by atoms with Crippen molar-refractivity contribution in [3.63, 3.8) is 0 Å². The van der Waals surface area contributed by atoms with Gasteiger partial charge in [0.2, 0.25) is 5.78 Å². The lowest BCUT2D eigenvalue weighted by Crippen LogP contribution is -2.69. The molecule has 3 fully saturated rings. The predicted molar refractivity (Wildman–Crippen MR) is 110 cm³/mol. The van der Waals surface area contributed by atoms with Crippen molar-refractivity contribution in [1.29, 1.82) is 0 Å². The van der Waals surface area contributed by atoms with E-state index in [1.165, 1.54) is 18.2 Å². The van der Waals surface area contributed by atoms with Gasteiger partial charge in [-0.25, -0.2) is 8.78 Å². The number of allylic oxidation sites excluding steroid dienone is 4. The third-order valence-electron chi connectivity index (χ3n) is 8.70. The molecular weight excluding hydrogens is 422 g/mol. The first-order valence-electron chi connectivity index (χ1n) is 10.9. The van der Waals surface area contributed by atoms with Crippen LogP contribution in [0.15, 0.2) is 35.7 Å². The summed E-state index contributed by atoms with van der Waals surface area (Å²) in [5.74, 6) is -3.29. The number of rotatable bonds is 3. The summed E-state index contributed by atoms with van der Waals surface area (Å²) in [5, 5.41) is 22.8. The van der Waals surface area contributed by atoms with Gasteiger partial charge >= 0.3 is 5.97 Å². The van der Waals surface area contributed by atoms with Crippen LogP contribution in [0.1, 0.15) is 46.5 Å². The summed E-state index contributed by atoms with van der Waals surface area (Å²) in [6.07, 6.45) is 3.16. The maximum atomic E-state index is 17.0. The van der Waals surface area contributed by atoms with Gasteiger partial charge in [0, 0.05) is 23.7 Å². The highest BCUT2D eigenvalue weighted by atomic mass is 19.1. The van der Waals surface area contributed by atoms with Crippen molar-refractivity contribution >= 4 is 17.5 Å². The van der Waals surface area contributed by atoms with Crippen molar-refractivity contribution in [2.75, 3.05) is 6.61 Å². The van der Waals surface area contributed by atoms with Crippen LogP contribution in [0.2, 0.25) is 0 Å². The van der Waals surface area contributed by atoms with Crippen LogP contribution in [0, 0.1) is 22.7 Å². The smallest absolute Gasteiger partial charge is 0.303 e. The average molecular weight is 450 g/mol. The van der Waals surface area contributed by atoms with E-state index in [2.05, 4.69) is 0 Å². The molecule has 2 N–H and O–H groups in total. The maximum absolute atomic E-state index is 17.0. The third-order valence-corrected chi connectivity index (χ3v) is 8.70. The van der Waals surface area contributed by atoms with Crippen LogP contribution in [0.3, 0.4) is 0 Å². The van der Waals surface area contributed by atoms with Crippen LogP contribution in [-0.4, -0.2) is 51.7 Å². The molecule has 0 bridgehead atoms. The fourth-order valence-electron chi connectivity index (χ4n) is 7.00. The van der Waals surface area contributed by atoms with Gasteiger partial charge in [-0.2, -0.15) is 0 Å². The Hall–Kier alpha value is -2.19. The lowest BCUT2D eigenvalue weighted by molar-refractivity contribution is -0.215. The van der Waals surface area contributed by atoms with Gasteiger partial charge in [0.25, 0.3) is 0 Å². The first-order chi connectivity index (χ1) is 14.9. The molecule has 3 saturated carbocycles. The molecule has 0 unspecified atom stereocenters. The van der Waals surface area contributed by atoms with Crippen molar-refractivity contribution in [2.45, 2.75) is 63.8 Å². The highest BCUT2D eigenvalue weighted by Gasteiger charge is 2.75. The first kappa shape index (κ1) is 23.0. The van der Waals surface area contributed by atoms with Gasteiger partial charge in [-0.15, -0.1) is 0 Å². The lowest BCUT2D eigenvalue weighted by atomic mass is 9.44. The zero-order valence-corrected chi connectivity index (χ0v) is 18.4. The largest absolute Gasteiger partial charge is 0.458 e. The topological polar surface area (TPSA) is 101 Å². The van der Waals surface area contributed by atoms with Crippen molar-refractivity contribution in [3.05, 3.63) is 35.7 Å². The summed E-state index contributed by atoms with van der Waals surface area (Å²) in [4.78, 5) is 36.1. The van der Waals surface area contributed by atoms with Gasteiger partial charge in [0.15, 0.2) is 23.7 Å². The predicted octanol–water partition coefficient (Wildman–Crippen LogP) is 2.68. The molecule has 0 heterocycles. The zero-order chi connectivity index (χ0) is 23.7. The molecule has 4 rings (SSSR count). The molecule has 174 valence electrons. The summed E-state index contributed by atoms with van der Waals surface area (Å²) >= 11 is 0. The van der Waals surface area contributed by atoms with E-state index in [4.69, 9.17) is 4.74 Å². The van der Waals surface area contributed by atoms with Crippen molar-refractivity contribution in [2.24, 2.45) is 22.7 Å². The van der Waals surface area contributed by atoms with Crippen LogP contribution >= 0.6 is 0 Å². The Morgan fingerprint density at radius 3 is 2.62 bits per heavy atom. The van der Waals surface area contributed by atoms with Crippen LogP contribution in [0.4, 0.5) is 8.78 Å². The number of alkyl halides is 1. The molecule has 7 atom stereocenters. The van der Waals surface area contributed by atoms with Gasteiger partial charge in [-0.1, -0.05) is 18.6 Å². The molecule has 0 spiro atoms. The number of ether oxygens (including phenoxy) is 1. The van der Waals surface area contributed by atoms with Gasteiger partial charge < -0.3 is 14.9 Å². The van der Waals surface area contributed by atoms with E-state index in [1.807, 2.05) is 0 Å². The van der Waals surface area contributed by atoms with E-state index in [1.54, 1.807) is 13.8 Å². The number of ketones is 2. The quantitative estimate of drug-likeness (QED) is 0.642. The Morgan fingerprint density at radius 1 is 1.31 bits per heavy atom.